The summed E-state index contributed by atoms with van der Waals surface area (Å²) in [5.41, 5.74) is 5.15. The fourth-order valence-corrected chi connectivity index (χ4v) is 1.81. The lowest BCUT2D eigenvalue weighted by atomic mass is 9.92. The molecule has 0 spiro atoms. The van der Waals surface area contributed by atoms with Crippen LogP contribution in [0.1, 0.15) is 44.7 Å². The van der Waals surface area contributed by atoms with Gasteiger partial charge >= 0.3 is 0 Å². The van der Waals surface area contributed by atoms with Crippen LogP contribution in [-0.2, 0) is 0 Å². The maximum atomic E-state index is 3.92. The largest absolute Gasteiger partial charge is 0.0961 e. The molecule has 0 aliphatic heterocycles. The zero-order valence-electron chi connectivity index (χ0n) is 10.2. The summed E-state index contributed by atoms with van der Waals surface area (Å²) in [7, 11) is 0. The van der Waals surface area contributed by atoms with Crippen molar-refractivity contribution < 1.29 is 0 Å². The van der Waals surface area contributed by atoms with Gasteiger partial charge in [0.2, 0.25) is 0 Å². The summed E-state index contributed by atoms with van der Waals surface area (Å²) in [4.78, 5) is 0. The average molecular weight is 200 g/mol. The van der Waals surface area contributed by atoms with E-state index in [0.29, 0.717) is 5.92 Å². The standard InChI is InChI=1S/C15H20/c1-11(2)10-13(5)15-9-7-6-8-14(15)12(3)4/h6-10,12H,1H2,2-5H3/b13-10+. The summed E-state index contributed by atoms with van der Waals surface area (Å²) >= 11 is 0. The van der Waals surface area contributed by atoms with Gasteiger partial charge in [0, 0.05) is 0 Å². The van der Waals surface area contributed by atoms with Gasteiger partial charge in [-0.2, -0.15) is 0 Å². The molecule has 0 saturated carbocycles. The summed E-state index contributed by atoms with van der Waals surface area (Å²) < 4.78 is 0. The maximum Gasteiger partial charge on any atom is -0.0193 e. The van der Waals surface area contributed by atoms with E-state index in [9.17, 15) is 0 Å². The Morgan fingerprint density at radius 1 is 1.20 bits per heavy atom. The van der Waals surface area contributed by atoms with Crippen LogP contribution >= 0.6 is 0 Å². The van der Waals surface area contributed by atoms with Gasteiger partial charge in [-0.3, -0.25) is 0 Å². The topological polar surface area (TPSA) is 0 Å². The van der Waals surface area contributed by atoms with Crippen molar-refractivity contribution in [2.24, 2.45) is 0 Å². The Bertz CT molecular complexity index is 381. The molecule has 0 atom stereocenters. The molecule has 0 unspecified atom stereocenters. The highest BCUT2D eigenvalue weighted by atomic mass is 14.1. The molecule has 0 N–H and O–H groups in total. The highest BCUT2D eigenvalue weighted by Crippen LogP contribution is 2.25. The molecule has 0 heterocycles. The summed E-state index contributed by atoms with van der Waals surface area (Å²) in [6, 6.07) is 8.59. The van der Waals surface area contributed by atoms with Gasteiger partial charge in [0.25, 0.3) is 0 Å². The molecule has 0 aliphatic rings. The van der Waals surface area contributed by atoms with E-state index in [4.69, 9.17) is 0 Å². The fraction of sp³-hybridized carbons (Fsp3) is 0.333. The smallest absolute Gasteiger partial charge is 0.0193 e. The molecule has 1 aromatic rings. The predicted molar refractivity (Wildman–Crippen MR) is 69.0 cm³/mol. The molecule has 0 heteroatoms. The van der Waals surface area contributed by atoms with Crippen LogP contribution in [0.2, 0.25) is 0 Å². The van der Waals surface area contributed by atoms with Crippen molar-refractivity contribution in [3.8, 4) is 0 Å². The van der Waals surface area contributed by atoms with E-state index in [-0.39, 0.29) is 0 Å². The lowest BCUT2D eigenvalue weighted by Crippen LogP contribution is -1.93. The monoisotopic (exact) mass is 200 g/mol. The number of hydrogen-bond acceptors (Lipinski definition) is 0. The molecule has 15 heavy (non-hydrogen) atoms. The first kappa shape index (κ1) is 11.8. The number of hydrogen-bond donors (Lipinski definition) is 0. The van der Waals surface area contributed by atoms with Gasteiger partial charge in [-0.15, -0.1) is 0 Å². The SMILES string of the molecule is C=C(C)/C=C(\C)c1ccccc1C(C)C. The second-order valence-corrected chi connectivity index (χ2v) is 4.42. The van der Waals surface area contributed by atoms with Crippen molar-refractivity contribution in [2.75, 3.05) is 0 Å². The van der Waals surface area contributed by atoms with Crippen LogP contribution in [0.25, 0.3) is 5.57 Å². The number of allylic oxidation sites excluding steroid dienone is 3. The van der Waals surface area contributed by atoms with Crippen LogP contribution in [0.3, 0.4) is 0 Å². The van der Waals surface area contributed by atoms with Gasteiger partial charge in [0.1, 0.15) is 0 Å². The van der Waals surface area contributed by atoms with E-state index in [0.717, 1.165) is 5.57 Å². The highest BCUT2D eigenvalue weighted by Gasteiger charge is 2.06. The normalized spacial score (nSPS) is 11.9. The lowest BCUT2D eigenvalue weighted by molar-refractivity contribution is 0.862. The van der Waals surface area contributed by atoms with Crippen LogP contribution in [0.4, 0.5) is 0 Å². The van der Waals surface area contributed by atoms with Gasteiger partial charge in [-0.1, -0.05) is 56.3 Å². The molecule has 0 nitrogen and oxygen atoms in total. The zero-order valence-corrected chi connectivity index (χ0v) is 10.2. The van der Waals surface area contributed by atoms with Gasteiger partial charge in [-0.25, -0.2) is 0 Å². The van der Waals surface area contributed by atoms with Gasteiger partial charge in [0.15, 0.2) is 0 Å². The van der Waals surface area contributed by atoms with Crippen LogP contribution < -0.4 is 0 Å². The van der Waals surface area contributed by atoms with Crippen LogP contribution in [0.5, 0.6) is 0 Å². The van der Waals surface area contributed by atoms with Gasteiger partial charge in [0.05, 0.1) is 0 Å². The molecule has 80 valence electrons. The van der Waals surface area contributed by atoms with Crippen LogP contribution in [-0.4, -0.2) is 0 Å². The summed E-state index contributed by atoms with van der Waals surface area (Å²) in [5, 5.41) is 0. The third-order valence-corrected chi connectivity index (χ3v) is 2.47. The van der Waals surface area contributed by atoms with E-state index < -0.39 is 0 Å². The van der Waals surface area contributed by atoms with E-state index in [1.54, 1.807) is 0 Å². The average Bonchev–Trinajstić information content (AvgIpc) is 2.16. The molecule has 0 radical (unpaired) electrons. The number of rotatable bonds is 3. The van der Waals surface area contributed by atoms with Crippen molar-refractivity contribution in [1.82, 2.24) is 0 Å². The Balaban J connectivity index is 3.19. The molecule has 1 aromatic carbocycles. The Kier molecular flexibility index (Phi) is 3.90. The van der Waals surface area contributed by atoms with Crippen LogP contribution in [0.15, 0.2) is 42.5 Å². The van der Waals surface area contributed by atoms with Crippen molar-refractivity contribution in [3.63, 3.8) is 0 Å². The summed E-state index contributed by atoms with van der Waals surface area (Å²) in [6.45, 7) is 12.6. The second kappa shape index (κ2) is 4.97. The molecular weight excluding hydrogens is 180 g/mol. The lowest BCUT2D eigenvalue weighted by Gasteiger charge is -2.13. The molecule has 0 saturated heterocycles. The molecular formula is C15H20. The quantitative estimate of drug-likeness (QED) is 0.615. The Morgan fingerprint density at radius 3 is 2.33 bits per heavy atom. The first-order chi connectivity index (χ1) is 7.02. The van der Waals surface area contributed by atoms with Crippen molar-refractivity contribution >= 4 is 5.57 Å². The molecule has 0 bridgehead atoms. The minimum atomic E-state index is 0.565. The van der Waals surface area contributed by atoms with E-state index in [1.807, 2.05) is 6.92 Å². The fourth-order valence-electron chi connectivity index (χ4n) is 1.81. The first-order valence-corrected chi connectivity index (χ1v) is 5.45. The van der Waals surface area contributed by atoms with Crippen LogP contribution in [0, 0.1) is 0 Å². The Hall–Kier alpha value is -1.30. The first-order valence-electron chi connectivity index (χ1n) is 5.45. The third-order valence-electron chi connectivity index (χ3n) is 2.47. The molecule has 0 aromatic heterocycles. The van der Waals surface area contributed by atoms with E-state index in [2.05, 4.69) is 57.7 Å². The van der Waals surface area contributed by atoms with E-state index in [1.165, 1.54) is 16.7 Å². The highest BCUT2D eigenvalue weighted by molar-refractivity contribution is 5.69. The second-order valence-electron chi connectivity index (χ2n) is 4.42. The minimum Gasteiger partial charge on any atom is -0.0961 e. The molecule has 0 fully saturated rings. The van der Waals surface area contributed by atoms with Crippen molar-refractivity contribution in [1.29, 1.82) is 0 Å². The van der Waals surface area contributed by atoms with Gasteiger partial charge < -0.3 is 0 Å². The van der Waals surface area contributed by atoms with Gasteiger partial charge in [-0.05, 0) is 36.5 Å². The zero-order chi connectivity index (χ0) is 11.4. The third kappa shape index (κ3) is 3.09. The molecule has 0 aliphatic carbocycles. The Morgan fingerprint density at radius 2 is 1.80 bits per heavy atom. The van der Waals surface area contributed by atoms with Crippen molar-refractivity contribution in [2.45, 2.75) is 33.6 Å². The Labute approximate surface area is 93.3 Å². The van der Waals surface area contributed by atoms with E-state index >= 15 is 0 Å². The summed E-state index contributed by atoms with van der Waals surface area (Å²) in [6.07, 6.45) is 2.14. The molecule has 1 rings (SSSR count). The van der Waals surface area contributed by atoms with Crippen molar-refractivity contribution in [3.05, 3.63) is 53.6 Å². The predicted octanol–water partition coefficient (Wildman–Crippen LogP) is 4.79. The maximum absolute atomic E-state index is 3.92. The number of benzene rings is 1. The summed E-state index contributed by atoms with van der Waals surface area (Å²) in [5.74, 6) is 0.565. The molecule has 0 amide bonds. The minimum absolute atomic E-state index is 0.565.